The van der Waals surface area contributed by atoms with Gasteiger partial charge in [0, 0.05) is 6.42 Å². The van der Waals surface area contributed by atoms with Crippen molar-refractivity contribution >= 4 is 5.57 Å². The third kappa shape index (κ3) is 3.22. The fourth-order valence-electron chi connectivity index (χ4n) is 2.95. The van der Waals surface area contributed by atoms with Crippen LogP contribution in [0.3, 0.4) is 0 Å². The highest BCUT2D eigenvalue weighted by Gasteiger charge is 2.31. The van der Waals surface area contributed by atoms with Crippen molar-refractivity contribution in [3.63, 3.8) is 0 Å². The Morgan fingerprint density at radius 2 is 1.79 bits per heavy atom. The second-order valence-corrected chi connectivity index (χ2v) is 5.74. The summed E-state index contributed by atoms with van der Waals surface area (Å²) in [6.07, 6.45) is 7.99. The van der Waals surface area contributed by atoms with Gasteiger partial charge in [-0.05, 0) is 28.3 Å². The number of nitrogens with zero attached hydrogens (tertiary/aromatic N) is 1. The number of benzene rings is 2. The zero-order valence-corrected chi connectivity index (χ0v) is 13.5. The maximum atomic E-state index is 9.63. The fraction of sp³-hybridized carbons (Fsp3) is 0.136. The molecule has 0 fully saturated rings. The van der Waals surface area contributed by atoms with Gasteiger partial charge < -0.3 is 4.74 Å². The molecule has 2 nitrogen and oxygen atoms in total. The summed E-state index contributed by atoms with van der Waals surface area (Å²) in [5.74, 6) is 0. The van der Waals surface area contributed by atoms with E-state index in [1.807, 2.05) is 42.5 Å². The molecule has 0 saturated carbocycles. The van der Waals surface area contributed by atoms with Crippen LogP contribution in [0.1, 0.15) is 12.0 Å². The van der Waals surface area contributed by atoms with Gasteiger partial charge in [-0.25, -0.2) is 0 Å². The number of hydrogen-bond acceptors (Lipinski definition) is 2. The van der Waals surface area contributed by atoms with Crippen molar-refractivity contribution in [1.29, 1.82) is 5.26 Å². The van der Waals surface area contributed by atoms with Gasteiger partial charge in [-0.2, -0.15) is 5.26 Å². The molecule has 1 aliphatic carbocycles. The van der Waals surface area contributed by atoms with Crippen molar-refractivity contribution in [2.24, 2.45) is 0 Å². The third-order valence-electron chi connectivity index (χ3n) is 4.12. The van der Waals surface area contributed by atoms with Crippen LogP contribution in [0, 0.1) is 11.3 Å². The van der Waals surface area contributed by atoms with Crippen LogP contribution in [0.2, 0.25) is 0 Å². The quantitative estimate of drug-likeness (QED) is 0.714. The van der Waals surface area contributed by atoms with Gasteiger partial charge in [-0.15, -0.1) is 6.58 Å². The van der Waals surface area contributed by atoms with Crippen molar-refractivity contribution in [2.75, 3.05) is 6.61 Å². The molecule has 0 bridgehead atoms. The number of ether oxygens (including phenoxy) is 1. The summed E-state index contributed by atoms with van der Waals surface area (Å²) in [5, 5.41) is 9.63. The van der Waals surface area contributed by atoms with E-state index in [0.29, 0.717) is 13.0 Å². The largest absolute Gasteiger partial charge is 0.352 e. The molecule has 2 aromatic carbocycles. The highest BCUT2D eigenvalue weighted by molar-refractivity contribution is 5.83. The molecule has 2 aromatic rings. The Bertz CT molecular complexity index is 827. The molecule has 1 atom stereocenters. The van der Waals surface area contributed by atoms with Crippen LogP contribution in [0.4, 0.5) is 0 Å². The van der Waals surface area contributed by atoms with Crippen LogP contribution >= 0.6 is 0 Å². The predicted molar refractivity (Wildman–Crippen MR) is 98.1 cm³/mol. The van der Waals surface area contributed by atoms with E-state index in [-0.39, 0.29) is 0 Å². The molecule has 0 aromatic heterocycles. The van der Waals surface area contributed by atoms with Crippen LogP contribution in [-0.2, 0) is 4.74 Å². The minimum Gasteiger partial charge on any atom is -0.352 e. The first-order valence-electron chi connectivity index (χ1n) is 7.97. The monoisotopic (exact) mass is 313 g/mol. The van der Waals surface area contributed by atoms with E-state index in [2.05, 4.69) is 43.0 Å². The van der Waals surface area contributed by atoms with Crippen molar-refractivity contribution < 1.29 is 4.74 Å². The smallest absolute Gasteiger partial charge is 0.177 e. The van der Waals surface area contributed by atoms with E-state index >= 15 is 0 Å². The molecule has 1 aliphatic rings. The third-order valence-corrected chi connectivity index (χ3v) is 4.12. The number of rotatable bonds is 5. The van der Waals surface area contributed by atoms with Gasteiger partial charge in [-0.1, -0.05) is 72.8 Å². The number of hydrogen-bond donors (Lipinski definition) is 0. The highest BCUT2D eigenvalue weighted by Crippen LogP contribution is 2.37. The van der Waals surface area contributed by atoms with Crippen LogP contribution < -0.4 is 0 Å². The summed E-state index contributed by atoms with van der Waals surface area (Å²) in [4.78, 5) is 0. The maximum Gasteiger partial charge on any atom is 0.177 e. The Kier molecular flexibility index (Phi) is 4.74. The average molecular weight is 313 g/mol. The topological polar surface area (TPSA) is 33.0 Å². The Labute approximate surface area is 143 Å². The fourth-order valence-corrected chi connectivity index (χ4v) is 2.95. The predicted octanol–water partition coefficient (Wildman–Crippen LogP) is 5.16. The zero-order valence-electron chi connectivity index (χ0n) is 13.5. The summed E-state index contributed by atoms with van der Waals surface area (Å²) < 4.78 is 5.76. The Morgan fingerprint density at radius 3 is 2.50 bits per heavy atom. The van der Waals surface area contributed by atoms with Gasteiger partial charge in [0.05, 0.1) is 6.61 Å². The van der Waals surface area contributed by atoms with Crippen molar-refractivity contribution in [3.8, 4) is 17.2 Å². The molecule has 2 heteroatoms. The van der Waals surface area contributed by atoms with Gasteiger partial charge in [0.1, 0.15) is 6.07 Å². The summed E-state index contributed by atoms with van der Waals surface area (Å²) in [5.41, 5.74) is 3.63. The molecule has 0 spiro atoms. The maximum absolute atomic E-state index is 9.63. The van der Waals surface area contributed by atoms with Gasteiger partial charge in [0.2, 0.25) is 0 Å². The van der Waals surface area contributed by atoms with Gasteiger partial charge in [0.25, 0.3) is 0 Å². The van der Waals surface area contributed by atoms with Crippen molar-refractivity contribution in [3.05, 3.63) is 91.0 Å². The molecule has 0 amide bonds. The molecule has 0 saturated heterocycles. The average Bonchev–Trinajstić information content (AvgIpc) is 2.67. The molecule has 0 heterocycles. The molecular weight excluding hydrogens is 294 g/mol. The molecule has 0 aliphatic heterocycles. The first kappa shape index (κ1) is 16.0. The standard InChI is InChI=1S/C22H19NO/c1-2-15-24-22(17-23)14-8-11-19(16-22)21-13-7-6-12-20(21)18-9-4-3-5-10-18/h2-14H,1,15-16H2. The van der Waals surface area contributed by atoms with Gasteiger partial charge in [0.15, 0.2) is 5.60 Å². The highest BCUT2D eigenvalue weighted by atomic mass is 16.5. The van der Waals surface area contributed by atoms with E-state index in [9.17, 15) is 5.26 Å². The minimum atomic E-state index is -0.928. The normalized spacial score (nSPS) is 19.4. The van der Waals surface area contributed by atoms with Crippen LogP contribution in [0.25, 0.3) is 16.7 Å². The molecule has 24 heavy (non-hydrogen) atoms. The number of nitriles is 1. The van der Waals surface area contributed by atoms with Crippen LogP contribution in [0.15, 0.2) is 85.5 Å². The lowest BCUT2D eigenvalue weighted by Crippen LogP contribution is -2.30. The summed E-state index contributed by atoms with van der Waals surface area (Å²) in [7, 11) is 0. The zero-order chi connectivity index (χ0) is 16.8. The van der Waals surface area contributed by atoms with Crippen molar-refractivity contribution in [1.82, 2.24) is 0 Å². The van der Waals surface area contributed by atoms with E-state index in [1.54, 1.807) is 6.08 Å². The first-order valence-corrected chi connectivity index (χ1v) is 7.97. The van der Waals surface area contributed by atoms with E-state index in [0.717, 1.165) is 22.3 Å². The second-order valence-electron chi connectivity index (χ2n) is 5.74. The van der Waals surface area contributed by atoms with E-state index < -0.39 is 5.60 Å². The SMILES string of the molecule is C=CCOC1(C#N)C=CC=C(c2ccccc2-c2ccccc2)C1. The summed E-state index contributed by atoms with van der Waals surface area (Å²) >= 11 is 0. The number of allylic oxidation sites excluding steroid dienone is 2. The van der Waals surface area contributed by atoms with Crippen LogP contribution in [0.5, 0.6) is 0 Å². The Balaban J connectivity index is 1.99. The lowest BCUT2D eigenvalue weighted by Gasteiger charge is -2.27. The molecule has 1 unspecified atom stereocenters. The lowest BCUT2D eigenvalue weighted by atomic mass is 9.84. The molecule has 3 rings (SSSR count). The summed E-state index contributed by atoms with van der Waals surface area (Å²) in [6, 6.07) is 20.9. The first-order chi connectivity index (χ1) is 11.8. The van der Waals surface area contributed by atoms with Gasteiger partial charge >= 0.3 is 0 Å². The molecule has 0 N–H and O–H groups in total. The Hall–Kier alpha value is -2.89. The molecular formula is C22H19NO. The Morgan fingerprint density at radius 1 is 1.08 bits per heavy atom. The van der Waals surface area contributed by atoms with E-state index in [1.165, 1.54) is 0 Å². The molecule has 118 valence electrons. The summed E-state index contributed by atoms with van der Waals surface area (Å²) in [6.45, 7) is 4.02. The van der Waals surface area contributed by atoms with Gasteiger partial charge in [-0.3, -0.25) is 0 Å². The lowest BCUT2D eigenvalue weighted by molar-refractivity contribution is 0.0568. The molecule has 0 radical (unpaired) electrons. The minimum absolute atomic E-state index is 0.353. The van der Waals surface area contributed by atoms with Crippen molar-refractivity contribution in [2.45, 2.75) is 12.0 Å². The second kappa shape index (κ2) is 7.12. The van der Waals surface area contributed by atoms with E-state index in [4.69, 9.17) is 4.74 Å². The van der Waals surface area contributed by atoms with Crippen LogP contribution in [-0.4, -0.2) is 12.2 Å².